The van der Waals surface area contributed by atoms with E-state index in [1.165, 1.54) is 0 Å². The second-order valence-corrected chi connectivity index (χ2v) is 6.23. The van der Waals surface area contributed by atoms with Crippen LogP contribution in [0, 0.1) is 6.92 Å². The summed E-state index contributed by atoms with van der Waals surface area (Å²) in [5.74, 6) is -0.747. The molecule has 0 fully saturated rings. The Morgan fingerprint density at radius 1 is 1.08 bits per heavy atom. The molecule has 0 saturated carbocycles. The van der Waals surface area contributed by atoms with Crippen LogP contribution in [0.15, 0.2) is 59.4 Å². The van der Waals surface area contributed by atoms with E-state index in [1.807, 2.05) is 31.2 Å². The van der Waals surface area contributed by atoms with Gasteiger partial charge in [-0.1, -0.05) is 53.6 Å². The van der Waals surface area contributed by atoms with Gasteiger partial charge in [0.05, 0.1) is 16.8 Å². The Balaban J connectivity index is 1.71. The van der Waals surface area contributed by atoms with Gasteiger partial charge in [0, 0.05) is 6.54 Å². The molecule has 26 heavy (non-hydrogen) atoms. The number of rotatable bonds is 5. The number of carbonyl (C=O) groups is 2. The van der Waals surface area contributed by atoms with Gasteiger partial charge in [-0.05, 0) is 24.6 Å². The van der Waals surface area contributed by atoms with Crippen molar-refractivity contribution in [2.24, 2.45) is 0 Å². The molecule has 2 aromatic carbocycles. The molecule has 0 aromatic heterocycles. The smallest absolute Gasteiger partial charge is 0.256 e. The maximum absolute atomic E-state index is 12.5. The Morgan fingerprint density at radius 3 is 2.35 bits per heavy atom. The molecular formula is C19H18ClN3O3. The van der Waals surface area contributed by atoms with Gasteiger partial charge in [0.25, 0.3) is 11.8 Å². The van der Waals surface area contributed by atoms with Crippen LogP contribution in [0.5, 0.6) is 0 Å². The predicted molar refractivity (Wildman–Crippen MR) is 98.2 cm³/mol. The van der Waals surface area contributed by atoms with Gasteiger partial charge in [0.2, 0.25) is 0 Å². The number of amides is 2. The zero-order chi connectivity index (χ0) is 18.5. The van der Waals surface area contributed by atoms with Crippen molar-refractivity contribution in [3.05, 3.63) is 81.6 Å². The molecular weight excluding hydrogens is 354 g/mol. The predicted octanol–water partition coefficient (Wildman–Crippen LogP) is 2.60. The van der Waals surface area contributed by atoms with Crippen LogP contribution in [-0.2, 0) is 11.4 Å². The number of benzene rings is 2. The summed E-state index contributed by atoms with van der Waals surface area (Å²) >= 11 is 5.89. The molecule has 0 saturated heterocycles. The highest BCUT2D eigenvalue weighted by molar-refractivity contribution is 6.29. The number of nitrogens with one attached hydrogen (secondary N) is 3. The third kappa shape index (κ3) is 4.22. The minimum atomic E-state index is -0.425. The third-order valence-electron chi connectivity index (χ3n) is 3.90. The zero-order valence-electron chi connectivity index (χ0n) is 14.1. The Bertz CT molecular complexity index is 863. The summed E-state index contributed by atoms with van der Waals surface area (Å²) in [5.41, 5.74) is 5.57. The van der Waals surface area contributed by atoms with E-state index < -0.39 is 5.91 Å². The first-order valence-electron chi connectivity index (χ1n) is 8.05. The van der Waals surface area contributed by atoms with Gasteiger partial charge in [0.1, 0.15) is 11.8 Å². The van der Waals surface area contributed by atoms with E-state index in [-0.39, 0.29) is 23.2 Å². The molecule has 2 aromatic rings. The van der Waals surface area contributed by atoms with Crippen molar-refractivity contribution >= 4 is 23.4 Å². The minimum absolute atomic E-state index is 0.145. The molecule has 0 spiro atoms. The first-order chi connectivity index (χ1) is 12.5. The van der Waals surface area contributed by atoms with E-state index in [0.717, 1.165) is 11.1 Å². The second-order valence-electron chi connectivity index (χ2n) is 5.85. The van der Waals surface area contributed by atoms with E-state index in [4.69, 9.17) is 16.4 Å². The van der Waals surface area contributed by atoms with Crippen molar-refractivity contribution in [2.45, 2.75) is 13.5 Å². The summed E-state index contributed by atoms with van der Waals surface area (Å²) in [6.45, 7) is 2.53. The van der Waals surface area contributed by atoms with Crippen molar-refractivity contribution in [1.29, 1.82) is 0 Å². The molecule has 0 radical (unpaired) electrons. The molecule has 6 nitrogen and oxygen atoms in total. The topological polar surface area (TPSA) is 79.5 Å². The normalized spacial score (nSPS) is 13.3. The van der Waals surface area contributed by atoms with Crippen LogP contribution in [0.2, 0.25) is 0 Å². The summed E-state index contributed by atoms with van der Waals surface area (Å²) in [7, 11) is 0. The van der Waals surface area contributed by atoms with E-state index in [1.54, 1.807) is 24.3 Å². The highest BCUT2D eigenvalue weighted by atomic mass is 35.5. The fraction of sp³-hybridized carbons (Fsp3) is 0.158. The molecule has 7 heteroatoms. The molecule has 1 aliphatic rings. The highest BCUT2D eigenvalue weighted by Crippen LogP contribution is 2.14. The first-order valence-corrected chi connectivity index (χ1v) is 8.43. The van der Waals surface area contributed by atoms with Gasteiger partial charge in [-0.2, -0.15) is 0 Å². The fourth-order valence-corrected chi connectivity index (χ4v) is 2.61. The van der Waals surface area contributed by atoms with Gasteiger partial charge < -0.3 is 10.6 Å². The van der Waals surface area contributed by atoms with Crippen LogP contribution in [0.25, 0.3) is 0 Å². The van der Waals surface area contributed by atoms with E-state index >= 15 is 0 Å². The zero-order valence-corrected chi connectivity index (χ0v) is 14.9. The summed E-state index contributed by atoms with van der Waals surface area (Å²) in [5, 5.41) is 5.72. The van der Waals surface area contributed by atoms with E-state index in [0.29, 0.717) is 17.8 Å². The minimum Gasteiger partial charge on any atom is -0.348 e. The van der Waals surface area contributed by atoms with Gasteiger partial charge in [0.15, 0.2) is 0 Å². The molecule has 0 bridgehead atoms. The lowest BCUT2D eigenvalue weighted by atomic mass is 10.1. The largest absolute Gasteiger partial charge is 0.348 e. The van der Waals surface area contributed by atoms with Crippen LogP contribution in [0.1, 0.15) is 31.8 Å². The lowest BCUT2D eigenvalue weighted by Gasteiger charge is -2.11. The van der Waals surface area contributed by atoms with Crippen LogP contribution in [0.3, 0.4) is 0 Å². The molecule has 0 aliphatic carbocycles. The molecule has 1 aliphatic heterocycles. The lowest BCUT2D eigenvalue weighted by Crippen LogP contribution is -2.29. The van der Waals surface area contributed by atoms with Crippen LogP contribution in [0.4, 0.5) is 0 Å². The van der Waals surface area contributed by atoms with E-state index in [9.17, 15) is 9.59 Å². The molecule has 0 unspecified atom stereocenters. The monoisotopic (exact) mass is 371 g/mol. The highest BCUT2D eigenvalue weighted by Gasteiger charge is 2.20. The average molecular weight is 372 g/mol. The summed E-state index contributed by atoms with van der Waals surface area (Å²) in [6, 6.07) is 14.5. The summed E-state index contributed by atoms with van der Waals surface area (Å²) in [4.78, 5) is 30.0. The number of hydrogen-bond acceptors (Lipinski definition) is 4. The standard InChI is InChI=1S/C19H18ClN3O3/c1-12-6-8-13(9-7-12)10-21-18(24)14-4-2-3-5-15(14)19(25)22-16-11-26-23-17(16)20/h2-9,23H,10-11H2,1H3,(H,21,24)(H,22,25). The van der Waals surface area contributed by atoms with Crippen LogP contribution in [-0.4, -0.2) is 18.4 Å². The van der Waals surface area contributed by atoms with Crippen molar-refractivity contribution in [3.63, 3.8) is 0 Å². The number of hydroxylamine groups is 1. The Morgan fingerprint density at radius 2 is 1.73 bits per heavy atom. The second kappa shape index (κ2) is 8.03. The van der Waals surface area contributed by atoms with Crippen molar-refractivity contribution in [3.8, 4) is 0 Å². The van der Waals surface area contributed by atoms with Crippen LogP contribution < -0.4 is 16.1 Å². The number of carbonyl (C=O) groups excluding carboxylic acids is 2. The Labute approximate surface area is 156 Å². The van der Waals surface area contributed by atoms with Crippen LogP contribution >= 0.6 is 11.6 Å². The lowest BCUT2D eigenvalue weighted by molar-refractivity contribution is 0.0909. The van der Waals surface area contributed by atoms with Gasteiger partial charge >= 0.3 is 0 Å². The van der Waals surface area contributed by atoms with E-state index in [2.05, 4.69) is 16.1 Å². The maximum Gasteiger partial charge on any atom is 0.256 e. The van der Waals surface area contributed by atoms with Gasteiger partial charge in [-0.25, -0.2) is 0 Å². The van der Waals surface area contributed by atoms with Gasteiger partial charge in [-0.3, -0.25) is 19.9 Å². The van der Waals surface area contributed by atoms with Gasteiger partial charge in [-0.15, -0.1) is 0 Å². The van der Waals surface area contributed by atoms with Crippen molar-refractivity contribution in [1.82, 2.24) is 16.1 Å². The number of halogens is 1. The molecule has 1 heterocycles. The average Bonchev–Trinajstić information content (AvgIpc) is 3.05. The molecule has 3 rings (SSSR count). The number of hydrogen-bond donors (Lipinski definition) is 3. The molecule has 3 N–H and O–H groups in total. The van der Waals surface area contributed by atoms with Crippen molar-refractivity contribution in [2.75, 3.05) is 6.61 Å². The maximum atomic E-state index is 12.5. The summed E-state index contributed by atoms with van der Waals surface area (Å²) < 4.78 is 0. The molecule has 0 atom stereocenters. The van der Waals surface area contributed by atoms with Crippen molar-refractivity contribution < 1.29 is 14.4 Å². The molecule has 134 valence electrons. The Hall–Kier alpha value is -2.83. The number of aryl methyl sites for hydroxylation is 1. The Kier molecular flexibility index (Phi) is 5.55. The first kappa shape index (κ1) is 18.0. The molecule has 2 amide bonds. The summed E-state index contributed by atoms with van der Waals surface area (Å²) in [6.07, 6.45) is 0. The SMILES string of the molecule is Cc1ccc(CNC(=O)c2ccccc2C(=O)NC2=C(Cl)NOC2)cc1. The third-order valence-corrected chi connectivity index (χ3v) is 4.20. The fourth-order valence-electron chi connectivity index (χ4n) is 2.45. The quantitative estimate of drug-likeness (QED) is 0.706.